The lowest BCUT2D eigenvalue weighted by atomic mass is 10.0. The summed E-state index contributed by atoms with van der Waals surface area (Å²) in [5.74, 6) is 1.34. The molecule has 0 aliphatic heterocycles. The van der Waals surface area contributed by atoms with Gasteiger partial charge in [0.25, 0.3) is 0 Å². The quantitative estimate of drug-likeness (QED) is 0.557. The first-order valence-electron chi connectivity index (χ1n) is 9.02. The molecule has 0 N–H and O–H groups in total. The van der Waals surface area contributed by atoms with Crippen LogP contribution in [0.1, 0.15) is 57.6 Å². The Labute approximate surface area is 142 Å². The molecule has 0 unspecified atom stereocenters. The van der Waals surface area contributed by atoms with Crippen LogP contribution in [0.3, 0.4) is 0 Å². The normalized spacial score (nSPS) is 11.2. The summed E-state index contributed by atoms with van der Waals surface area (Å²) in [6.07, 6.45) is 2.48. The Morgan fingerprint density at radius 1 is 0.826 bits per heavy atom. The Kier molecular flexibility index (Phi) is 6.70. The maximum Gasteiger partial charge on any atom is 0.0429 e. The monoisotopic (exact) mass is 309 g/mol. The maximum atomic E-state index is 2.54. The van der Waals surface area contributed by atoms with Crippen LogP contribution in [0.4, 0.5) is 5.69 Å². The molecule has 0 fully saturated rings. The molecule has 0 heterocycles. The molecule has 2 aromatic rings. The van der Waals surface area contributed by atoms with Gasteiger partial charge in [0.1, 0.15) is 0 Å². The highest BCUT2D eigenvalue weighted by Gasteiger charge is 2.13. The number of benzene rings is 2. The molecular formula is C22H31N. The van der Waals surface area contributed by atoms with Gasteiger partial charge in [-0.2, -0.15) is 0 Å². The van der Waals surface area contributed by atoms with Crippen molar-refractivity contribution in [3.63, 3.8) is 0 Å². The molecule has 0 spiro atoms. The molecule has 0 aliphatic carbocycles. The van der Waals surface area contributed by atoms with E-state index in [0.29, 0.717) is 5.92 Å². The molecule has 124 valence electrons. The predicted octanol–water partition coefficient (Wildman–Crippen LogP) is 6.25. The van der Waals surface area contributed by atoms with Crippen molar-refractivity contribution in [1.29, 1.82) is 0 Å². The van der Waals surface area contributed by atoms with Crippen molar-refractivity contribution in [1.82, 2.24) is 0 Å². The third-order valence-corrected chi connectivity index (χ3v) is 4.77. The van der Waals surface area contributed by atoms with Crippen LogP contribution in [0.25, 0.3) is 0 Å². The maximum absolute atomic E-state index is 2.54. The smallest absolute Gasteiger partial charge is 0.0429 e. The topological polar surface area (TPSA) is 3.24 Å². The van der Waals surface area contributed by atoms with E-state index in [1.165, 1.54) is 29.7 Å². The van der Waals surface area contributed by atoms with Gasteiger partial charge in [0.15, 0.2) is 0 Å². The van der Waals surface area contributed by atoms with Crippen LogP contribution < -0.4 is 4.90 Å². The molecule has 0 bridgehead atoms. The SMILES string of the molecule is CCC(CC)CN(Cc1ccccc1)c1ccc(C(C)C)cc1. The van der Waals surface area contributed by atoms with Gasteiger partial charge in [-0.1, -0.05) is 83.0 Å². The first kappa shape index (κ1) is 17.6. The Bertz CT molecular complexity index is 552. The van der Waals surface area contributed by atoms with Gasteiger partial charge in [-0.05, 0) is 35.1 Å². The Balaban J connectivity index is 2.21. The number of rotatable bonds is 8. The van der Waals surface area contributed by atoms with Gasteiger partial charge in [-0.25, -0.2) is 0 Å². The van der Waals surface area contributed by atoms with Gasteiger partial charge in [-0.3, -0.25) is 0 Å². The highest BCUT2D eigenvalue weighted by Crippen LogP contribution is 2.24. The summed E-state index contributed by atoms with van der Waals surface area (Å²) in [6, 6.07) is 20.0. The highest BCUT2D eigenvalue weighted by molar-refractivity contribution is 5.48. The van der Waals surface area contributed by atoms with E-state index in [4.69, 9.17) is 0 Å². The van der Waals surface area contributed by atoms with Crippen molar-refractivity contribution in [2.24, 2.45) is 5.92 Å². The van der Waals surface area contributed by atoms with E-state index in [9.17, 15) is 0 Å². The third-order valence-electron chi connectivity index (χ3n) is 4.77. The van der Waals surface area contributed by atoms with Crippen LogP contribution in [0.2, 0.25) is 0 Å². The average Bonchev–Trinajstić information content (AvgIpc) is 2.59. The molecule has 0 radical (unpaired) electrons. The second kappa shape index (κ2) is 8.76. The molecule has 0 atom stereocenters. The van der Waals surface area contributed by atoms with Gasteiger partial charge >= 0.3 is 0 Å². The van der Waals surface area contributed by atoms with Gasteiger partial charge in [0, 0.05) is 18.8 Å². The number of nitrogens with zero attached hydrogens (tertiary/aromatic N) is 1. The fraction of sp³-hybridized carbons (Fsp3) is 0.455. The lowest BCUT2D eigenvalue weighted by molar-refractivity contribution is 0.482. The van der Waals surface area contributed by atoms with Crippen LogP contribution >= 0.6 is 0 Å². The lowest BCUT2D eigenvalue weighted by Crippen LogP contribution is -2.28. The zero-order chi connectivity index (χ0) is 16.7. The minimum Gasteiger partial charge on any atom is -0.367 e. The first-order valence-corrected chi connectivity index (χ1v) is 9.02. The van der Waals surface area contributed by atoms with E-state index in [1.54, 1.807) is 0 Å². The molecule has 1 nitrogen and oxygen atoms in total. The summed E-state index contributed by atoms with van der Waals surface area (Å²) in [7, 11) is 0. The molecule has 0 saturated heterocycles. The van der Waals surface area contributed by atoms with Crippen LogP contribution in [0, 0.1) is 5.92 Å². The van der Waals surface area contributed by atoms with Crippen molar-refractivity contribution in [3.05, 3.63) is 65.7 Å². The number of hydrogen-bond donors (Lipinski definition) is 0. The van der Waals surface area contributed by atoms with E-state index in [0.717, 1.165) is 19.0 Å². The van der Waals surface area contributed by atoms with Crippen LogP contribution in [0.5, 0.6) is 0 Å². The second-order valence-electron chi connectivity index (χ2n) is 6.79. The van der Waals surface area contributed by atoms with Crippen molar-refractivity contribution in [3.8, 4) is 0 Å². The van der Waals surface area contributed by atoms with E-state index < -0.39 is 0 Å². The van der Waals surface area contributed by atoms with Crippen LogP contribution in [-0.4, -0.2) is 6.54 Å². The van der Waals surface area contributed by atoms with Crippen molar-refractivity contribution in [2.75, 3.05) is 11.4 Å². The van der Waals surface area contributed by atoms with Gasteiger partial charge in [0.2, 0.25) is 0 Å². The van der Waals surface area contributed by atoms with Gasteiger partial charge in [-0.15, -0.1) is 0 Å². The number of anilines is 1. The Morgan fingerprint density at radius 2 is 1.43 bits per heavy atom. The molecule has 0 aromatic heterocycles. The fourth-order valence-corrected chi connectivity index (χ4v) is 2.99. The fourth-order valence-electron chi connectivity index (χ4n) is 2.99. The third kappa shape index (κ3) is 5.13. The second-order valence-corrected chi connectivity index (χ2v) is 6.79. The van der Waals surface area contributed by atoms with Gasteiger partial charge < -0.3 is 4.90 Å². The van der Waals surface area contributed by atoms with Gasteiger partial charge in [0.05, 0.1) is 0 Å². The summed E-state index contributed by atoms with van der Waals surface area (Å²) in [5, 5.41) is 0. The molecular weight excluding hydrogens is 278 g/mol. The van der Waals surface area contributed by atoms with Crippen molar-refractivity contribution < 1.29 is 0 Å². The minimum absolute atomic E-state index is 0.589. The van der Waals surface area contributed by atoms with Crippen molar-refractivity contribution >= 4 is 5.69 Å². The molecule has 1 heteroatoms. The standard InChI is InChI=1S/C22H31N/c1-5-19(6-2)16-23(17-20-10-8-7-9-11-20)22-14-12-21(13-15-22)18(3)4/h7-15,18-19H,5-6,16-17H2,1-4H3. The van der Waals surface area contributed by atoms with E-state index >= 15 is 0 Å². The average molecular weight is 309 g/mol. The molecule has 23 heavy (non-hydrogen) atoms. The van der Waals surface area contributed by atoms with E-state index in [1.807, 2.05) is 0 Å². The molecule has 0 saturated carbocycles. The summed E-state index contributed by atoms with van der Waals surface area (Å²) in [4.78, 5) is 2.54. The molecule has 0 amide bonds. The predicted molar refractivity (Wildman–Crippen MR) is 102 cm³/mol. The van der Waals surface area contributed by atoms with Crippen LogP contribution in [0.15, 0.2) is 54.6 Å². The summed E-state index contributed by atoms with van der Waals surface area (Å²) in [5.41, 5.74) is 4.13. The van der Waals surface area contributed by atoms with Crippen LogP contribution in [-0.2, 0) is 6.54 Å². The summed E-state index contributed by atoms with van der Waals surface area (Å²) < 4.78 is 0. The molecule has 0 aliphatic rings. The first-order chi connectivity index (χ1) is 11.1. The summed E-state index contributed by atoms with van der Waals surface area (Å²) >= 11 is 0. The minimum atomic E-state index is 0.589. The highest BCUT2D eigenvalue weighted by atomic mass is 15.1. The zero-order valence-electron chi connectivity index (χ0n) is 15.1. The molecule has 2 aromatic carbocycles. The molecule has 2 rings (SSSR count). The van der Waals surface area contributed by atoms with E-state index in [2.05, 4.69) is 87.2 Å². The largest absolute Gasteiger partial charge is 0.367 e. The Morgan fingerprint density at radius 3 is 1.96 bits per heavy atom. The summed E-state index contributed by atoms with van der Waals surface area (Å²) in [6.45, 7) is 11.2. The van der Waals surface area contributed by atoms with E-state index in [-0.39, 0.29) is 0 Å². The lowest BCUT2D eigenvalue weighted by Gasteiger charge is -2.29. The number of hydrogen-bond acceptors (Lipinski definition) is 1. The Hall–Kier alpha value is -1.76. The van der Waals surface area contributed by atoms with Crippen molar-refractivity contribution in [2.45, 2.75) is 53.0 Å². The zero-order valence-corrected chi connectivity index (χ0v) is 15.1.